The first kappa shape index (κ1) is 62.3. The summed E-state index contributed by atoms with van der Waals surface area (Å²) in [4.78, 5) is 10.1. The number of nitrogens with zero attached hydrogens (tertiary/aromatic N) is 6. The normalized spacial score (nSPS) is 11.6. The number of hydrogen-bond donors (Lipinski definition) is 0. The van der Waals surface area contributed by atoms with Crippen molar-refractivity contribution in [3.8, 4) is 112 Å². The van der Waals surface area contributed by atoms with Crippen molar-refractivity contribution in [2.45, 2.75) is 26.2 Å². The maximum atomic E-state index is 6.97. The zero-order valence-corrected chi connectivity index (χ0v) is 57.9. The average molecular weight is 1480 g/mol. The summed E-state index contributed by atoms with van der Waals surface area (Å²) in [6, 6.07) is 122. The molecule has 0 saturated heterocycles. The molecular formula is C93H64N6OPt-2. The summed E-state index contributed by atoms with van der Waals surface area (Å²) in [6.07, 6.45) is 7.61. The molecule has 18 aromatic rings. The largest absolute Gasteiger partial charge is 0.522 e. The van der Waals surface area contributed by atoms with Gasteiger partial charge in [0.1, 0.15) is 5.82 Å². The van der Waals surface area contributed by atoms with Crippen molar-refractivity contribution in [3.63, 3.8) is 0 Å². The molecule has 101 heavy (non-hydrogen) atoms. The van der Waals surface area contributed by atoms with E-state index < -0.39 is 0 Å². The van der Waals surface area contributed by atoms with E-state index in [9.17, 15) is 0 Å². The maximum absolute atomic E-state index is 6.97. The molecular weight excluding hydrogens is 1410 g/mol. The number of aromatic nitrogens is 6. The number of para-hydroxylation sites is 6. The van der Waals surface area contributed by atoms with E-state index >= 15 is 0 Å². The van der Waals surface area contributed by atoms with Crippen molar-refractivity contribution in [3.05, 3.63) is 358 Å². The molecule has 0 atom stereocenters. The molecule has 484 valence electrons. The van der Waals surface area contributed by atoms with Gasteiger partial charge in [-0.2, -0.15) is 18.2 Å². The molecule has 0 amide bonds. The van der Waals surface area contributed by atoms with Crippen LogP contribution >= 0.6 is 0 Å². The molecule has 18 rings (SSSR count). The molecule has 0 aliphatic rings. The average Bonchev–Trinajstić information content (AvgIpc) is 1.60. The van der Waals surface area contributed by atoms with Crippen LogP contribution in [0.1, 0.15) is 26.3 Å². The van der Waals surface area contributed by atoms with Crippen LogP contribution in [0.5, 0.6) is 11.5 Å². The number of hydrogen-bond acceptors (Lipinski definition) is 3. The van der Waals surface area contributed by atoms with E-state index in [1.165, 1.54) is 16.3 Å². The predicted octanol–water partition coefficient (Wildman–Crippen LogP) is 23.0. The van der Waals surface area contributed by atoms with Crippen LogP contribution < -0.4 is 9.30 Å². The van der Waals surface area contributed by atoms with E-state index in [4.69, 9.17) is 14.7 Å². The first-order valence-electron chi connectivity index (χ1n) is 33.9. The van der Waals surface area contributed by atoms with Crippen molar-refractivity contribution < 1.29 is 30.4 Å². The minimum absolute atomic E-state index is 0. The molecule has 0 N–H and O–H groups in total. The van der Waals surface area contributed by atoms with Crippen molar-refractivity contribution in [2.24, 2.45) is 0 Å². The SMILES string of the molecule is CC(C)(C)c1ccnc(-n2c3[c-]c(Oc4[c-]c(-n5[c-][n+](-c6c(-c7cc(-c8ccccc8)cc(-c8ccccc8)c7)cccc6-c6cc(-c7ccccc7)cc(-c7ccccc7)c6)c6ccccc65)ncc4)ccc3c3cc(-c4cccc5c6ccccc6n(-c6ccccc6)c45)ccc32)c1.[Pt]. The van der Waals surface area contributed by atoms with Gasteiger partial charge in [0.2, 0.25) is 0 Å². The van der Waals surface area contributed by atoms with Crippen LogP contribution in [0.25, 0.3) is 156 Å². The van der Waals surface area contributed by atoms with Gasteiger partial charge in [0, 0.05) is 60.6 Å². The molecule has 0 spiro atoms. The predicted molar refractivity (Wildman–Crippen MR) is 409 cm³/mol. The summed E-state index contributed by atoms with van der Waals surface area (Å²) in [5, 5.41) is 4.51. The van der Waals surface area contributed by atoms with Crippen LogP contribution in [0.4, 0.5) is 0 Å². The first-order valence-corrected chi connectivity index (χ1v) is 33.9. The Bertz CT molecular complexity index is 5890. The van der Waals surface area contributed by atoms with Gasteiger partial charge in [-0.25, -0.2) is 4.98 Å². The van der Waals surface area contributed by atoms with E-state index in [0.29, 0.717) is 17.3 Å². The van der Waals surface area contributed by atoms with Crippen molar-refractivity contribution in [2.75, 3.05) is 0 Å². The quantitative estimate of drug-likeness (QED) is 0.0854. The van der Waals surface area contributed by atoms with Gasteiger partial charge >= 0.3 is 0 Å². The van der Waals surface area contributed by atoms with Gasteiger partial charge in [-0.3, -0.25) is 14.1 Å². The number of imidazole rings is 1. The Morgan fingerprint density at radius 3 is 1.48 bits per heavy atom. The van der Waals surface area contributed by atoms with Gasteiger partial charge in [0.25, 0.3) is 6.33 Å². The third-order valence-electron chi connectivity index (χ3n) is 19.3. The molecule has 0 bridgehead atoms. The summed E-state index contributed by atoms with van der Waals surface area (Å²) in [7, 11) is 0. The summed E-state index contributed by atoms with van der Waals surface area (Å²) in [6.45, 7) is 6.72. The van der Waals surface area contributed by atoms with Gasteiger partial charge in [-0.05, 0) is 167 Å². The summed E-state index contributed by atoms with van der Waals surface area (Å²) < 4.78 is 15.8. The van der Waals surface area contributed by atoms with Crippen molar-refractivity contribution in [1.29, 1.82) is 0 Å². The molecule has 0 saturated carbocycles. The van der Waals surface area contributed by atoms with Crippen LogP contribution in [0.3, 0.4) is 0 Å². The fourth-order valence-corrected chi connectivity index (χ4v) is 14.5. The minimum Gasteiger partial charge on any atom is -0.522 e. The smallest absolute Gasteiger partial charge is 0.269 e. The first-order chi connectivity index (χ1) is 49.2. The molecule has 0 radical (unpaired) electrons. The monoisotopic (exact) mass is 1480 g/mol. The van der Waals surface area contributed by atoms with Crippen molar-refractivity contribution in [1.82, 2.24) is 23.7 Å². The topological polar surface area (TPSA) is 53.7 Å². The second-order valence-electron chi connectivity index (χ2n) is 26.6. The number of benzene rings is 13. The fourth-order valence-electron chi connectivity index (χ4n) is 14.5. The maximum Gasteiger partial charge on any atom is 0.269 e. The van der Waals surface area contributed by atoms with Gasteiger partial charge in [0.05, 0.1) is 33.6 Å². The van der Waals surface area contributed by atoms with Gasteiger partial charge in [-0.1, -0.05) is 263 Å². The number of rotatable bonds is 13. The Hall–Kier alpha value is -12.3. The number of fused-ring (bicyclic) bond motifs is 7. The van der Waals surface area contributed by atoms with Crippen molar-refractivity contribution >= 4 is 54.6 Å². The Kier molecular flexibility index (Phi) is 15.9. The molecule has 5 aromatic heterocycles. The van der Waals surface area contributed by atoms with E-state index in [1.54, 1.807) is 6.20 Å². The summed E-state index contributed by atoms with van der Waals surface area (Å²) >= 11 is 0. The molecule has 13 aromatic carbocycles. The molecule has 0 aliphatic heterocycles. The second kappa shape index (κ2) is 25.9. The number of pyridine rings is 2. The zero-order valence-electron chi connectivity index (χ0n) is 55.7. The van der Waals surface area contributed by atoms with Gasteiger partial charge < -0.3 is 13.9 Å². The number of ether oxygens (including phenoxy) is 1. The molecule has 0 unspecified atom stereocenters. The van der Waals surface area contributed by atoms with Gasteiger partial charge in [0.15, 0.2) is 0 Å². The van der Waals surface area contributed by atoms with Crippen LogP contribution in [0, 0.1) is 18.5 Å². The Morgan fingerprint density at radius 2 is 0.861 bits per heavy atom. The molecule has 8 heteroatoms. The van der Waals surface area contributed by atoms with Crippen LogP contribution in [0.2, 0.25) is 0 Å². The minimum atomic E-state index is -0.123. The standard InChI is InChI=1S/C93H64N6O.Pt/c1-93(2,3)73-47-49-95-90(58-73)99-85-46-43-66(77-36-24-39-82-80-35-19-20-40-84(80)98(92(77)82)74-33-17-8-18-34-74)57-83(85)81-45-44-75(59-88(81)99)100-76-48-50-94-89(60-76)96-61-97(87-42-22-21-41-86(87)96)91-78(71-53-67(62-25-9-4-10-26-62)51-68(54-71)63-27-11-5-12-28-63)37-23-38-79(91)72-55-69(64-29-13-6-14-30-64)52-70(56-72)65-31-15-7-16-32-65;/h4-58H,1-3H3;/q-2;. The van der Waals surface area contributed by atoms with E-state index in [1.807, 2.05) is 22.9 Å². The van der Waals surface area contributed by atoms with E-state index in [-0.39, 0.29) is 26.5 Å². The zero-order chi connectivity index (χ0) is 66.8. The second-order valence-corrected chi connectivity index (χ2v) is 26.6. The fraction of sp³-hybridized carbons (Fsp3) is 0.0430. The third kappa shape index (κ3) is 11.4. The van der Waals surface area contributed by atoms with Crippen LogP contribution in [-0.4, -0.2) is 23.7 Å². The third-order valence-corrected chi connectivity index (χ3v) is 19.3. The Labute approximate surface area is 601 Å². The molecule has 7 nitrogen and oxygen atoms in total. The van der Waals surface area contributed by atoms with Gasteiger partial charge in [-0.15, -0.1) is 17.5 Å². The Morgan fingerprint density at radius 1 is 0.356 bits per heavy atom. The Balaban J connectivity index is 0.00000760. The van der Waals surface area contributed by atoms with Crippen LogP contribution in [0.15, 0.2) is 334 Å². The summed E-state index contributed by atoms with van der Waals surface area (Å²) in [5.41, 5.74) is 24.5. The summed E-state index contributed by atoms with van der Waals surface area (Å²) in [5.74, 6) is 2.29. The molecule has 5 heterocycles. The molecule has 0 fully saturated rings. The van der Waals surface area contributed by atoms with E-state index in [0.717, 1.165) is 139 Å². The van der Waals surface area contributed by atoms with E-state index in [2.05, 4.69) is 362 Å². The molecule has 0 aliphatic carbocycles. The van der Waals surface area contributed by atoms with Crippen LogP contribution in [-0.2, 0) is 26.5 Å².